The summed E-state index contributed by atoms with van der Waals surface area (Å²) in [6.45, 7) is 3.52. The molecule has 1 aromatic carbocycles. The molecule has 0 aliphatic rings. The van der Waals surface area contributed by atoms with Gasteiger partial charge in [-0.25, -0.2) is 14.8 Å². The number of anilines is 2. The fourth-order valence-corrected chi connectivity index (χ4v) is 2.31. The lowest BCUT2D eigenvalue weighted by Gasteiger charge is -2.11. The molecule has 0 aliphatic carbocycles. The molecular formula is C19H25N5O3. The summed E-state index contributed by atoms with van der Waals surface area (Å²) < 4.78 is 5.05. The van der Waals surface area contributed by atoms with Crippen LogP contribution in [0, 0.1) is 0 Å². The highest BCUT2D eigenvalue weighted by Crippen LogP contribution is 2.20. The molecule has 0 atom stereocenters. The number of hydrogen-bond donors (Lipinski definition) is 2. The molecule has 0 aliphatic heterocycles. The molecule has 2 N–H and O–H groups in total. The Labute approximate surface area is 159 Å². The van der Waals surface area contributed by atoms with Gasteiger partial charge in [0.25, 0.3) is 5.91 Å². The predicted octanol–water partition coefficient (Wildman–Crippen LogP) is 2.08. The Morgan fingerprint density at radius 3 is 2.59 bits per heavy atom. The van der Waals surface area contributed by atoms with Crippen molar-refractivity contribution in [2.45, 2.75) is 13.3 Å². The van der Waals surface area contributed by atoms with Crippen molar-refractivity contribution < 1.29 is 14.3 Å². The quantitative estimate of drug-likeness (QED) is 0.514. The third-order valence-electron chi connectivity index (χ3n) is 3.64. The molecule has 0 saturated carbocycles. The maximum atomic E-state index is 12.1. The minimum absolute atomic E-state index is 0.240. The zero-order chi connectivity index (χ0) is 19.6. The number of carbonyl (C=O) groups excluding carboxylic acids is 2. The number of ether oxygens (including phenoxy) is 1. The first-order chi connectivity index (χ1) is 13.0. The molecule has 0 radical (unpaired) electrons. The number of benzene rings is 1. The summed E-state index contributed by atoms with van der Waals surface area (Å²) in [5.74, 6) is -0.252. The van der Waals surface area contributed by atoms with Gasteiger partial charge in [0.2, 0.25) is 0 Å². The molecule has 1 amide bonds. The molecular weight excluding hydrogens is 346 g/mol. The van der Waals surface area contributed by atoms with Gasteiger partial charge in [-0.05, 0) is 46.1 Å². The highest BCUT2D eigenvalue weighted by molar-refractivity contribution is 5.96. The van der Waals surface area contributed by atoms with Crippen molar-refractivity contribution in [3.63, 3.8) is 0 Å². The third kappa shape index (κ3) is 6.34. The fraction of sp³-hybridized carbons (Fsp3) is 0.368. The largest absolute Gasteiger partial charge is 0.462 e. The van der Waals surface area contributed by atoms with E-state index in [1.54, 1.807) is 31.2 Å². The monoisotopic (exact) mass is 371 g/mol. The molecule has 144 valence electrons. The summed E-state index contributed by atoms with van der Waals surface area (Å²) in [5, 5.41) is 5.84. The van der Waals surface area contributed by atoms with Gasteiger partial charge in [-0.2, -0.15) is 0 Å². The maximum Gasteiger partial charge on any atom is 0.340 e. The molecule has 0 saturated heterocycles. The summed E-state index contributed by atoms with van der Waals surface area (Å²) in [5.41, 5.74) is 1.21. The van der Waals surface area contributed by atoms with Gasteiger partial charge in [0, 0.05) is 6.54 Å². The Bertz CT molecular complexity index is 762. The van der Waals surface area contributed by atoms with E-state index in [0.717, 1.165) is 13.0 Å². The lowest BCUT2D eigenvalue weighted by atomic mass is 10.2. The topological polar surface area (TPSA) is 96.4 Å². The lowest BCUT2D eigenvalue weighted by molar-refractivity contribution is 0.0527. The van der Waals surface area contributed by atoms with Crippen molar-refractivity contribution in [2.24, 2.45) is 0 Å². The number of aromatic nitrogens is 2. The van der Waals surface area contributed by atoms with Crippen LogP contribution in [0.1, 0.15) is 34.2 Å². The summed E-state index contributed by atoms with van der Waals surface area (Å²) in [4.78, 5) is 34.5. The Balaban J connectivity index is 1.98. The van der Waals surface area contributed by atoms with Crippen molar-refractivity contribution in [3.8, 4) is 0 Å². The highest BCUT2D eigenvalue weighted by Gasteiger charge is 2.13. The van der Waals surface area contributed by atoms with Crippen LogP contribution >= 0.6 is 0 Å². The molecule has 0 fully saturated rings. The van der Waals surface area contributed by atoms with Gasteiger partial charge in [0.05, 0.1) is 30.3 Å². The molecule has 2 aromatic rings. The van der Waals surface area contributed by atoms with E-state index in [-0.39, 0.29) is 11.6 Å². The number of esters is 1. The molecule has 0 unspecified atom stereocenters. The van der Waals surface area contributed by atoms with Crippen LogP contribution in [0.3, 0.4) is 0 Å². The second kappa shape index (κ2) is 10.2. The zero-order valence-corrected chi connectivity index (χ0v) is 15.9. The molecule has 8 nitrogen and oxygen atoms in total. The zero-order valence-electron chi connectivity index (χ0n) is 15.9. The van der Waals surface area contributed by atoms with E-state index in [4.69, 9.17) is 4.74 Å². The molecule has 27 heavy (non-hydrogen) atoms. The number of para-hydroxylation sites is 1. The number of carbonyl (C=O) groups is 2. The summed E-state index contributed by atoms with van der Waals surface area (Å²) in [6, 6.07) is 6.98. The van der Waals surface area contributed by atoms with E-state index in [2.05, 4.69) is 25.5 Å². The first kappa shape index (κ1) is 20.3. The van der Waals surface area contributed by atoms with Gasteiger partial charge in [-0.15, -0.1) is 0 Å². The number of nitrogens with one attached hydrogen (secondary N) is 2. The molecule has 8 heteroatoms. The smallest absolute Gasteiger partial charge is 0.340 e. The van der Waals surface area contributed by atoms with E-state index >= 15 is 0 Å². The van der Waals surface area contributed by atoms with Crippen molar-refractivity contribution in [3.05, 3.63) is 47.9 Å². The summed E-state index contributed by atoms with van der Waals surface area (Å²) in [7, 11) is 3.97. The van der Waals surface area contributed by atoms with Gasteiger partial charge < -0.3 is 20.3 Å². The van der Waals surface area contributed by atoms with Crippen LogP contribution in [-0.4, -0.2) is 60.5 Å². The van der Waals surface area contributed by atoms with Crippen molar-refractivity contribution in [2.75, 3.05) is 39.1 Å². The number of rotatable bonds is 9. The van der Waals surface area contributed by atoms with Crippen LogP contribution < -0.4 is 10.6 Å². The van der Waals surface area contributed by atoms with Crippen LogP contribution in [0.5, 0.6) is 0 Å². The van der Waals surface area contributed by atoms with E-state index < -0.39 is 5.97 Å². The number of hydrogen-bond acceptors (Lipinski definition) is 7. The number of nitrogens with zero attached hydrogens (tertiary/aromatic N) is 3. The first-order valence-electron chi connectivity index (χ1n) is 8.79. The minimum Gasteiger partial charge on any atom is -0.462 e. The van der Waals surface area contributed by atoms with Crippen LogP contribution in [-0.2, 0) is 4.74 Å². The summed E-state index contributed by atoms with van der Waals surface area (Å²) >= 11 is 0. The predicted molar refractivity (Wildman–Crippen MR) is 103 cm³/mol. The Hall–Kier alpha value is -3.00. The second-order valence-corrected chi connectivity index (χ2v) is 6.09. The van der Waals surface area contributed by atoms with Gasteiger partial charge in [0.1, 0.15) is 11.5 Å². The molecule has 0 spiro atoms. The van der Waals surface area contributed by atoms with Crippen LogP contribution in [0.15, 0.2) is 36.7 Å². The summed E-state index contributed by atoms with van der Waals surface area (Å²) in [6.07, 6.45) is 3.71. The molecule has 1 heterocycles. The Morgan fingerprint density at radius 1 is 1.15 bits per heavy atom. The SMILES string of the molecule is CCOC(=O)c1ccccc1Nc1cnc(C(=O)NCCCN(C)C)cn1. The maximum absolute atomic E-state index is 12.1. The standard InChI is InChI=1S/C19H25N5O3/c1-4-27-19(26)14-8-5-6-9-15(14)23-17-13-21-16(12-22-17)18(25)20-10-7-11-24(2)3/h5-6,8-9,12-13H,4,7,10-11H2,1-3H3,(H,20,25)(H,22,23). The Kier molecular flexibility index (Phi) is 7.69. The van der Waals surface area contributed by atoms with Gasteiger partial charge in [-0.3, -0.25) is 4.79 Å². The normalized spacial score (nSPS) is 10.5. The molecule has 0 bridgehead atoms. The van der Waals surface area contributed by atoms with Crippen LogP contribution in [0.4, 0.5) is 11.5 Å². The van der Waals surface area contributed by atoms with E-state index in [1.807, 2.05) is 14.1 Å². The van der Waals surface area contributed by atoms with E-state index in [9.17, 15) is 9.59 Å². The Morgan fingerprint density at radius 2 is 1.93 bits per heavy atom. The average Bonchev–Trinajstić information content (AvgIpc) is 2.66. The second-order valence-electron chi connectivity index (χ2n) is 6.09. The van der Waals surface area contributed by atoms with Gasteiger partial charge in [-0.1, -0.05) is 12.1 Å². The van der Waals surface area contributed by atoms with Crippen LogP contribution in [0.2, 0.25) is 0 Å². The van der Waals surface area contributed by atoms with Crippen molar-refractivity contribution in [1.82, 2.24) is 20.2 Å². The first-order valence-corrected chi connectivity index (χ1v) is 8.79. The number of amides is 1. The molecule has 2 rings (SSSR count). The minimum atomic E-state index is -0.415. The van der Waals surface area contributed by atoms with Crippen molar-refractivity contribution >= 4 is 23.4 Å². The highest BCUT2D eigenvalue weighted by atomic mass is 16.5. The third-order valence-corrected chi connectivity index (χ3v) is 3.64. The molecule has 1 aromatic heterocycles. The van der Waals surface area contributed by atoms with Gasteiger partial charge in [0.15, 0.2) is 0 Å². The van der Waals surface area contributed by atoms with Gasteiger partial charge >= 0.3 is 5.97 Å². The van der Waals surface area contributed by atoms with Crippen LogP contribution in [0.25, 0.3) is 0 Å². The average molecular weight is 371 g/mol. The van der Waals surface area contributed by atoms with Crippen molar-refractivity contribution in [1.29, 1.82) is 0 Å². The fourth-order valence-electron chi connectivity index (χ4n) is 2.31. The lowest BCUT2D eigenvalue weighted by Crippen LogP contribution is -2.27. The van der Waals surface area contributed by atoms with E-state index in [1.165, 1.54) is 12.4 Å². The van der Waals surface area contributed by atoms with E-state index in [0.29, 0.717) is 30.2 Å².